The summed E-state index contributed by atoms with van der Waals surface area (Å²) in [5, 5.41) is 0. The zero-order chi connectivity index (χ0) is 17.9. The molecule has 0 bridgehead atoms. The third kappa shape index (κ3) is 3.66. The molecule has 0 spiro atoms. The molecule has 26 heavy (non-hydrogen) atoms. The van der Waals surface area contributed by atoms with Crippen LogP contribution in [-0.2, 0) is 16.1 Å². The maximum Gasteiger partial charge on any atom is 0.270 e. The van der Waals surface area contributed by atoms with E-state index in [1.54, 1.807) is 6.20 Å². The topological polar surface area (TPSA) is 67.5 Å². The molecule has 0 unspecified atom stereocenters. The van der Waals surface area contributed by atoms with Gasteiger partial charge in [-0.3, -0.25) is 9.78 Å². The second-order valence-electron chi connectivity index (χ2n) is 7.18. The number of carbonyl (C=O) groups excluding carboxylic acids is 1. The highest BCUT2D eigenvalue weighted by molar-refractivity contribution is 5.92. The van der Waals surface area contributed by atoms with E-state index < -0.39 is 0 Å². The van der Waals surface area contributed by atoms with E-state index in [0.717, 1.165) is 24.2 Å². The van der Waals surface area contributed by atoms with Crippen molar-refractivity contribution in [1.82, 2.24) is 14.9 Å². The van der Waals surface area contributed by atoms with Gasteiger partial charge in [0.1, 0.15) is 5.69 Å². The fraction of sp³-hybridized carbons (Fsp3) is 0.500. The third-order valence-corrected chi connectivity index (χ3v) is 5.27. The maximum atomic E-state index is 12.7. The number of nitrogens with one attached hydrogen (secondary N) is 1. The molecular formula is C20H25N3O3. The largest absolute Gasteiger partial charge is 0.375 e. The Bertz CT molecular complexity index is 747. The number of amides is 1. The summed E-state index contributed by atoms with van der Waals surface area (Å²) < 4.78 is 11.8. The molecule has 2 aliphatic rings. The Morgan fingerprint density at radius 1 is 1.35 bits per heavy atom. The van der Waals surface area contributed by atoms with E-state index in [4.69, 9.17) is 9.47 Å². The van der Waals surface area contributed by atoms with Crippen LogP contribution >= 0.6 is 0 Å². The smallest absolute Gasteiger partial charge is 0.270 e. The average Bonchev–Trinajstić information content (AvgIpc) is 3.30. The van der Waals surface area contributed by atoms with Gasteiger partial charge in [-0.25, -0.2) is 0 Å². The summed E-state index contributed by atoms with van der Waals surface area (Å²) in [7, 11) is 0. The molecule has 1 aliphatic heterocycles. The predicted octanol–water partition coefficient (Wildman–Crippen LogP) is 2.55. The lowest BCUT2D eigenvalue weighted by Gasteiger charge is -2.37. The molecule has 1 saturated heterocycles. The van der Waals surface area contributed by atoms with E-state index in [-0.39, 0.29) is 18.1 Å². The van der Waals surface area contributed by atoms with Gasteiger partial charge in [0.15, 0.2) is 0 Å². The van der Waals surface area contributed by atoms with E-state index in [0.29, 0.717) is 38.0 Å². The van der Waals surface area contributed by atoms with Crippen LogP contribution in [0.2, 0.25) is 0 Å². The molecule has 6 heteroatoms. The highest BCUT2D eigenvalue weighted by atomic mass is 16.5. The van der Waals surface area contributed by atoms with Gasteiger partial charge in [0.2, 0.25) is 0 Å². The normalized spacial score (nSPS) is 25.3. The Balaban J connectivity index is 1.33. The van der Waals surface area contributed by atoms with Crippen LogP contribution in [0.1, 0.15) is 34.7 Å². The number of ether oxygens (including phenoxy) is 2. The number of rotatable bonds is 5. The van der Waals surface area contributed by atoms with Crippen molar-refractivity contribution >= 4 is 5.91 Å². The van der Waals surface area contributed by atoms with Crippen molar-refractivity contribution < 1.29 is 14.3 Å². The summed E-state index contributed by atoms with van der Waals surface area (Å²) in [6.07, 6.45) is 3.78. The van der Waals surface area contributed by atoms with Gasteiger partial charge in [-0.2, -0.15) is 0 Å². The maximum absolute atomic E-state index is 12.7. The first-order valence-corrected chi connectivity index (χ1v) is 9.27. The number of aromatic amines is 1. The van der Waals surface area contributed by atoms with Gasteiger partial charge in [-0.1, -0.05) is 6.07 Å². The first-order valence-electron chi connectivity index (χ1n) is 9.27. The van der Waals surface area contributed by atoms with Crippen LogP contribution in [0.15, 0.2) is 36.5 Å². The van der Waals surface area contributed by atoms with Crippen LogP contribution in [0.5, 0.6) is 0 Å². The van der Waals surface area contributed by atoms with Gasteiger partial charge in [0.25, 0.3) is 5.91 Å². The summed E-state index contributed by atoms with van der Waals surface area (Å²) in [6.45, 7) is 4.45. The second kappa shape index (κ2) is 7.60. The molecule has 3 atom stereocenters. The molecule has 0 aromatic carbocycles. The molecule has 138 valence electrons. The standard InChI is InChI=1S/C20H25N3O3/c1-14-4-2-5-16(22-14)13-25-12-15-10-18-19(11-15)26-9-8-23(18)20(24)17-6-3-7-21-17/h2-7,15,18-19,21H,8-13H2,1H3/t15-,18+,19-/m0/s1. The summed E-state index contributed by atoms with van der Waals surface area (Å²) in [4.78, 5) is 22.2. The molecule has 4 rings (SSSR count). The van der Waals surface area contributed by atoms with Gasteiger partial charge in [-0.15, -0.1) is 0 Å². The molecule has 1 aliphatic carbocycles. The molecule has 1 amide bonds. The van der Waals surface area contributed by atoms with Crippen molar-refractivity contribution in [1.29, 1.82) is 0 Å². The number of aromatic nitrogens is 2. The Labute approximate surface area is 153 Å². The fourth-order valence-electron chi connectivity index (χ4n) is 4.07. The van der Waals surface area contributed by atoms with Crippen LogP contribution in [0, 0.1) is 12.8 Å². The van der Waals surface area contributed by atoms with Crippen molar-refractivity contribution in [2.24, 2.45) is 5.92 Å². The lowest BCUT2D eigenvalue weighted by molar-refractivity contribution is -0.0452. The van der Waals surface area contributed by atoms with Crippen LogP contribution < -0.4 is 0 Å². The van der Waals surface area contributed by atoms with E-state index in [2.05, 4.69) is 9.97 Å². The minimum Gasteiger partial charge on any atom is -0.375 e. The van der Waals surface area contributed by atoms with Gasteiger partial charge < -0.3 is 19.4 Å². The Kier molecular flexibility index (Phi) is 5.04. The van der Waals surface area contributed by atoms with E-state index in [9.17, 15) is 4.79 Å². The molecule has 2 aromatic rings. The Morgan fingerprint density at radius 3 is 3.08 bits per heavy atom. The zero-order valence-electron chi connectivity index (χ0n) is 15.1. The van der Waals surface area contributed by atoms with E-state index in [1.165, 1.54) is 0 Å². The van der Waals surface area contributed by atoms with Gasteiger partial charge >= 0.3 is 0 Å². The highest BCUT2D eigenvalue weighted by Gasteiger charge is 2.43. The SMILES string of the molecule is Cc1cccc(COC[C@@H]2C[C@@H]3OCCN(C(=O)c4ccc[nH]4)[C@@H]3C2)n1. The first-order chi connectivity index (χ1) is 12.7. The van der Waals surface area contributed by atoms with Crippen molar-refractivity contribution in [2.45, 2.75) is 38.5 Å². The predicted molar refractivity (Wildman–Crippen MR) is 96.7 cm³/mol. The van der Waals surface area contributed by atoms with E-state index in [1.807, 2.05) is 42.2 Å². The van der Waals surface area contributed by atoms with Gasteiger partial charge in [-0.05, 0) is 49.9 Å². The van der Waals surface area contributed by atoms with Crippen molar-refractivity contribution in [3.63, 3.8) is 0 Å². The van der Waals surface area contributed by atoms with E-state index >= 15 is 0 Å². The summed E-state index contributed by atoms with van der Waals surface area (Å²) >= 11 is 0. The number of hydrogen-bond donors (Lipinski definition) is 1. The summed E-state index contributed by atoms with van der Waals surface area (Å²) in [6, 6.07) is 9.81. The van der Waals surface area contributed by atoms with Crippen LogP contribution in [0.25, 0.3) is 0 Å². The number of morpholine rings is 1. The highest BCUT2D eigenvalue weighted by Crippen LogP contribution is 2.35. The average molecular weight is 355 g/mol. The Hall–Kier alpha value is -2.18. The molecule has 6 nitrogen and oxygen atoms in total. The van der Waals surface area contributed by atoms with Crippen LogP contribution in [-0.4, -0.2) is 52.7 Å². The summed E-state index contributed by atoms with van der Waals surface area (Å²) in [5.41, 5.74) is 2.61. The van der Waals surface area contributed by atoms with Crippen molar-refractivity contribution in [3.05, 3.63) is 53.6 Å². The lowest BCUT2D eigenvalue weighted by atomic mass is 10.1. The number of nitrogens with zero attached hydrogens (tertiary/aromatic N) is 2. The number of hydrogen-bond acceptors (Lipinski definition) is 4. The monoisotopic (exact) mass is 355 g/mol. The van der Waals surface area contributed by atoms with Crippen molar-refractivity contribution in [3.8, 4) is 0 Å². The number of H-pyrrole nitrogens is 1. The molecule has 3 heterocycles. The van der Waals surface area contributed by atoms with Gasteiger partial charge in [0, 0.05) is 18.4 Å². The molecule has 1 N–H and O–H groups in total. The molecule has 0 radical (unpaired) electrons. The van der Waals surface area contributed by atoms with Crippen LogP contribution in [0.3, 0.4) is 0 Å². The van der Waals surface area contributed by atoms with Crippen LogP contribution in [0.4, 0.5) is 0 Å². The summed E-state index contributed by atoms with van der Waals surface area (Å²) in [5.74, 6) is 0.477. The number of carbonyl (C=O) groups is 1. The number of fused-ring (bicyclic) bond motifs is 1. The molecule has 2 aromatic heterocycles. The lowest BCUT2D eigenvalue weighted by Crippen LogP contribution is -2.51. The third-order valence-electron chi connectivity index (χ3n) is 5.27. The minimum atomic E-state index is 0.0684. The van der Waals surface area contributed by atoms with Gasteiger partial charge in [0.05, 0.1) is 37.7 Å². The minimum absolute atomic E-state index is 0.0684. The molecule has 1 saturated carbocycles. The second-order valence-corrected chi connectivity index (χ2v) is 7.18. The number of aryl methyl sites for hydroxylation is 1. The number of pyridine rings is 1. The Morgan fingerprint density at radius 2 is 2.27 bits per heavy atom. The van der Waals surface area contributed by atoms with Crippen molar-refractivity contribution in [2.75, 3.05) is 19.8 Å². The molecule has 2 fully saturated rings. The quantitative estimate of drug-likeness (QED) is 0.895. The fourth-order valence-corrected chi connectivity index (χ4v) is 4.07. The zero-order valence-corrected chi connectivity index (χ0v) is 15.1. The first kappa shape index (κ1) is 17.2. The molecular weight excluding hydrogens is 330 g/mol.